The van der Waals surface area contributed by atoms with Crippen LogP contribution in [0.2, 0.25) is 0 Å². The van der Waals surface area contributed by atoms with Crippen LogP contribution in [-0.4, -0.2) is 68.3 Å². The van der Waals surface area contributed by atoms with E-state index in [1.807, 2.05) is 0 Å². The van der Waals surface area contributed by atoms with Crippen molar-refractivity contribution in [3.63, 3.8) is 0 Å². The Morgan fingerprint density at radius 2 is 1.50 bits per heavy atom. The van der Waals surface area contributed by atoms with Gasteiger partial charge in [0, 0.05) is 44.8 Å². The lowest BCUT2D eigenvalue weighted by molar-refractivity contribution is 0.0553. The topological polar surface area (TPSA) is 19.0 Å². The average molecular weight is 358 g/mol. The summed E-state index contributed by atoms with van der Waals surface area (Å²) in [5, 5.41) is 0. The first-order chi connectivity index (χ1) is 12.8. The molecule has 0 amide bonds. The SMILES string of the molecule is COc1ccccc1N1CCN([C@@H]2CCCN(C3CCCCC3)C2)CC1. The molecule has 0 N–H and O–H groups in total. The van der Waals surface area contributed by atoms with Crippen molar-refractivity contribution in [2.24, 2.45) is 0 Å². The van der Waals surface area contributed by atoms with Crippen LogP contribution in [0, 0.1) is 0 Å². The highest BCUT2D eigenvalue weighted by atomic mass is 16.5. The molecule has 144 valence electrons. The highest BCUT2D eigenvalue weighted by Gasteiger charge is 2.31. The van der Waals surface area contributed by atoms with Crippen LogP contribution in [0.25, 0.3) is 0 Å². The lowest BCUT2D eigenvalue weighted by atomic mass is 9.91. The van der Waals surface area contributed by atoms with Crippen molar-refractivity contribution in [1.82, 2.24) is 9.80 Å². The highest BCUT2D eigenvalue weighted by molar-refractivity contribution is 5.58. The van der Waals surface area contributed by atoms with Gasteiger partial charge >= 0.3 is 0 Å². The van der Waals surface area contributed by atoms with Gasteiger partial charge in [-0.3, -0.25) is 9.80 Å². The molecular weight excluding hydrogens is 322 g/mol. The minimum absolute atomic E-state index is 0.769. The summed E-state index contributed by atoms with van der Waals surface area (Å²) < 4.78 is 5.56. The van der Waals surface area contributed by atoms with Gasteiger partial charge in [-0.05, 0) is 44.4 Å². The Hall–Kier alpha value is -1.26. The molecule has 3 aliphatic rings. The van der Waals surface area contributed by atoms with Gasteiger partial charge in [-0.1, -0.05) is 31.4 Å². The largest absolute Gasteiger partial charge is 0.495 e. The maximum atomic E-state index is 5.56. The molecule has 4 nitrogen and oxygen atoms in total. The Bertz CT molecular complexity index is 564. The first-order valence-electron chi connectivity index (χ1n) is 10.7. The van der Waals surface area contributed by atoms with Crippen molar-refractivity contribution in [2.75, 3.05) is 51.3 Å². The first-order valence-corrected chi connectivity index (χ1v) is 10.7. The lowest BCUT2D eigenvalue weighted by Gasteiger charge is -2.46. The molecule has 2 saturated heterocycles. The molecule has 0 radical (unpaired) electrons. The number of hydrogen-bond acceptors (Lipinski definition) is 4. The number of piperazine rings is 1. The summed E-state index contributed by atoms with van der Waals surface area (Å²) in [6.07, 6.45) is 10.00. The Morgan fingerprint density at radius 3 is 2.27 bits per heavy atom. The molecule has 3 fully saturated rings. The molecule has 4 heteroatoms. The molecule has 1 aliphatic carbocycles. The first kappa shape index (κ1) is 18.1. The molecule has 1 saturated carbocycles. The van der Waals surface area contributed by atoms with Crippen LogP contribution in [0.1, 0.15) is 44.9 Å². The molecule has 0 unspecified atom stereocenters. The van der Waals surface area contributed by atoms with E-state index in [-0.39, 0.29) is 0 Å². The number of rotatable bonds is 4. The monoisotopic (exact) mass is 357 g/mol. The van der Waals surface area contributed by atoms with Gasteiger partial charge in [-0.15, -0.1) is 0 Å². The minimum atomic E-state index is 0.769. The molecule has 1 atom stereocenters. The Labute approximate surface area is 159 Å². The van der Waals surface area contributed by atoms with Gasteiger partial charge < -0.3 is 9.64 Å². The molecular formula is C22H35N3O. The number of hydrogen-bond donors (Lipinski definition) is 0. The maximum Gasteiger partial charge on any atom is 0.142 e. The summed E-state index contributed by atoms with van der Waals surface area (Å²) in [5.74, 6) is 1.00. The summed E-state index contributed by atoms with van der Waals surface area (Å²) >= 11 is 0. The van der Waals surface area contributed by atoms with E-state index in [9.17, 15) is 0 Å². The zero-order chi connectivity index (χ0) is 17.8. The van der Waals surface area contributed by atoms with Crippen LogP contribution in [0.5, 0.6) is 5.75 Å². The zero-order valence-electron chi connectivity index (χ0n) is 16.4. The van der Waals surface area contributed by atoms with Gasteiger partial charge in [0.25, 0.3) is 0 Å². The van der Waals surface area contributed by atoms with Crippen LogP contribution in [-0.2, 0) is 0 Å². The predicted octanol–water partition coefficient (Wildman–Crippen LogP) is 3.61. The lowest BCUT2D eigenvalue weighted by Crippen LogP contribution is -2.56. The highest BCUT2D eigenvalue weighted by Crippen LogP contribution is 2.30. The van der Waals surface area contributed by atoms with Gasteiger partial charge in [-0.25, -0.2) is 0 Å². The number of ether oxygens (including phenoxy) is 1. The van der Waals surface area contributed by atoms with Crippen molar-refractivity contribution in [2.45, 2.75) is 57.0 Å². The van der Waals surface area contributed by atoms with E-state index in [2.05, 4.69) is 39.0 Å². The van der Waals surface area contributed by atoms with E-state index in [0.717, 1.165) is 30.9 Å². The fraction of sp³-hybridized carbons (Fsp3) is 0.727. The normalized spacial score (nSPS) is 26.8. The standard InChI is InChI=1S/C22H35N3O/c1-26-22-12-6-5-11-21(22)24-16-14-23(15-17-24)20-10-7-13-25(18-20)19-8-3-2-4-9-19/h5-6,11-12,19-20H,2-4,7-10,13-18H2,1H3/t20-/m1/s1. The van der Waals surface area contributed by atoms with E-state index >= 15 is 0 Å². The molecule has 0 bridgehead atoms. The van der Waals surface area contributed by atoms with Crippen LogP contribution in [0.3, 0.4) is 0 Å². The van der Waals surface area contributed by atoms with E-state index in [1.54, 1.807) is 7.11 Å². The average Bonchev–Trinajstić information content (AvgIpc) is 2.74. The summed E-state index contributed by atoms with van der Waals surface area (Å²) in [4.78, 5) is 8.10. The molecule has 26 heavy (non-hydrogen) atoms. The maximum absolute atomic E-state index is 5.56. The number of methoxy groups -OCH3 is 1. The summed E-state index contributed by atoms with van der Waals surface area (Å²) in [6.45, 7) is 7.23. The minimum Gasteiger partial charge on any atom is -0.495 e. The van der Waals surface area contributed by atoms with Gasteiger partial charge in [-0.2, -0.15) is 0 Å². The fourth-order valence-corrected chi connectivity index (χ4v) is 5.28. The molecule has 4 rings (SSSR count). The number of para-hydroxylation sites is 2. The third-order valence-electron chi connectivity index (χ3n) is 6.78. The second-order valence-electron chi connectivity index (χ2n) is 8.28. The fourth-order valence-electron chi connectivity index (χ4n) is 5.28. The number of piperidine rings is 1. The van der Waals surface area contributed by atoms with Crippen LogP contribution in [0.4, 0.5) is 5.69 Å². The van der Waals surface area contributed by atoms with Crippen molar-refractivity contribution in [3.8, 4) is 5.75 Å². The quantitative estimate of drug-likeness (QED) is 0.819. The van der Waals surface area contributed by atoms with Gasteiger partial charge in [0.15, 0.2) is 0 Å². The predicted molar refractivity (Wildman–Crippen MR) is 108 cm³/mol. The Balaban J connectivity index is 1.32. The van der Waals surface area contributed by atoms with Crippen molar-refractivity contribution in [3.05, 3.63) is 24.3 Å². The molecule has 1 aromatic rings. The third-order valence-corrected chi connectivity index (χ3v) is 6.78. The Morgan fingerprint density at radius 1 is 0.769 bits per heavy atom. The summed E-state index contributed by atoms with van der Waals surface area (Å²) in [6, 6.07) is 10.1. The van der Waals surface area contributed by atoms with Crippen molar-refractivity contribution in [1.29, 1.82) is 0 Å². The second kappa shape index (κ2) is 8.62. The van der Waals surface area contributed by atoms with E-state index in [1.165, 1.54) is 76.8 Å². The van der Waals surface area contributed by atoms with E-state index in [4.69, 9.17) is 4.74 Å². The third kappa shape index (κ3) is 4.01. The zero-order valence-corrected chi connectivity index (χ0v) is 16.4. The van der Waals surface area contributed by atoms with Crippen LogP contribution >= 0.6 is 0 Å². The smallest absolute Gasteiger partial charge is 0.142 e. The van der Waals surface area contributed by atoms with Crippen LogP contribution < -0.4 is 9.64 Å². The number of nitrogens with zero attached hydrogens (tertiary/aromatic N) is 3. The van der Waals surface area contributed by atoms with Crippen molar-refractivity contribution < 1.29 is 4.74 Å². The number of likely N-dealkylation sites (tertiary alicyclic amines) is 1. The molecule has 0 aromatic heterocycles. The molecule has 0 spiro atoms. The Kier molecular flexibility index (Phi) is 6.01. The van der Waals surface area contributed by atoms with Gasteiger partial charge in [0.1, 0.15) is 5.75 Å². The second-order valence-corrected chi connectivity index (χ2v) is 8.28. The van der Waals surface area contributed by atoms with Gasteiger partial charge in [0.05, 0.1) is 12.8 Å². The van der Waals surface area contributed by atoms with E-state index in [0.29, 0.717) is 0 Å². The van der Waals surface area contributed by atoms with Gasteiger partial charge in [0.2, 0.25) is 0 Å². The summed E-state index contributed by atoms with van der Waals surface area (Å²) in [7, 11) is 1.77. The van der Waals surface area contributed by atoms with E-state index < -0.39 is 0 Å². The molecule has 2 aliphatic heterocycles. The number of anilines is 1. The molecule has 2 heterocycles. The molecule has 1 aromatic carbocycles. The summed E-state index contributed by atoms with van der Waals surface area (Å²) in [5.41, 5.74) is 1.25. The van der Waals surface area contributed by atoms with Crippen LogP contribution in [0.15, 0.2) is 24.3 Å². The number of benzene rings is 1. The van der Waals surface area contributed by atoms with Crippen molar-refractivity contribution >= 4 is 5.69 Å².